The van der Waals surface area contributed by atoms with Gasteiger partial charge in [-0.05, 0) is 25.3 Å². The quantitative estimate of drug-likeness (QED) is 0.906. The molecule has 0 aliphatic rings. The first-order chi connectivity index (χ1) is 9.02. The van der Waals surface area contributed by atoms with Gasteiger partial charge in [-0.2, -0.15) is 5.10 Å². The van der Waals surface area contributed by atoms with Crippen LogP contribution < -0.4 is 0 Å². The Labute approximate surface area is 114 Å². The third-order valence-corrected chi connectivity index (χ3v) is 3.16. The molecule has 0 atom stereocenters. The van der Waals surface area contributed by atoms with Crippen LogP contribution in [0, 0.1) is 12.8 Å². The van der Waals surface area contributed by atoms with Crippen LogP contribution in [0.3, 0.4) is 0 Å². The van der Waals surface area contributed by atoms with Gasteiger partial charge in [0.2, 0.25) is 0 Å². The lowest BCUT2D eigenvalue weighted by Gasteiger charge is -2.10. The van der Waals surface area contributed by atoms with Crippen LogP contribution in [0.4, 0.5) is 0 Å². The fourth-order valence-corrected chi connectivity index (χ4v) is 2.30. The van der Waals surface area contributed by atoms with Gasteiger partial charge in [-0.1, -0.05) is 44.5 Å². The maximum Gasteiger partial charge on any atom is 0.164 e. The minimum atomic E-state index is 0.328. The number of aromatic nitrogens is 2. The summed E-state index contributed by atoms with van der Waals surface area (Å²) >= 11 is 0. The van der Waals surface area contributed by atoms with Crippen molar-refractivity contribution in [1.29, 1.82) is 0 Å². The van der Waals surface area contributed by atoms with Gasteiger partial charge in [-0.25, -0.2) is 0 Å². The normalized spacial score (nSPS) is 11.2. The van der Waals surface area contributed by atoms with E-state index < -0.39 is 0 Å². The van der Waals surface area contributed by atoms with E-state index in [2.05, 4.69) is 38.0 Å². The highest BCUT2D eigenvalue weighted by Gasteiger charge is 2.18. The van der Waals surface area contributed by atoms with Gasteiger partial charge >= 0.3 is 0 Å². The predicted octanol–water partition coefficient (Wildman–Crippen LogP) is 3.78. The number of rotatable bonds is 4. The maximum absolute atomic E-state index is 10.4. The Morgan fingerprint density at radius 2 is 2.05 bits per heavy atom. The van der Waals surface area contributed by atoms with Crippen LogP contribution in [0.15, 0.2) is 24.3 Å². The molecule has 0 bridgehead atoms. The number of hydrogen-bond donors (Lipinski definition) is 1. The molecular weight excluding hydrogens is 236 g/mol. The fraction of sp³-hybridized carbons (Fsp3) is 0.438. The van der Waals surface area contributed by atoms with Crippen LogP contribution in [-0.4, -0.2) is 14.9 Å². The lowest BCUT2D eigenvalue weighted by molar-refractivity contribution is 0.466. The monoisotopic (exact) mass is 258 g/mol. The molecule has 2 aromatic rings. The lowest BCUT2D eigenvalue weighted by Crippen LogP contribution is -2.08. The van der Waals surface area contributed by atoms with E-state index in [-0.39, 0.29) is 0 Å². The molecule has 0 aliphatic carbocycles. The molecule has 0 unspecified atom stereocenters. The Bertz CT molecular complexity index is 570. The Morgan fingerprint density at radius 3 is 2.63 bits per heavy atom. The molecule has 1 N–H and O–H groups in total. The molecule has 0 fully saturated rings. The summed E-state index contributed by atoms with van der Waals surface area (Å²) in [6.45, 7) is 9.21. The summed E-state index contributed by atoms with van der Waals surface area (Å²) in [5, 5.41) is 14.9. The Kier molecular flexibility index (Phi) is 3.93. The molecule has 3 nitrogen and oxygen atoms in total. The van der Waals surface area contributed by atoms with E-state index in [1.54, 1.807) is 0 Å². The molecule has 3 heteroatoms. The number of aryl methyl sites for hydroxylation is 2. The van der Waals surface area contributed by atoms with Crippen molar-refractivity contribution in [3.63, 3.8) is 0 Å². The number of hydrogen-bond acceptors (Lipinski definition) is 2. The van der Waals surface area contributed by atoms with Gasteiger partial charge in [-0.15, -0.1) is 0 Å². The maximum atomic E-state index is 10.4. The molecule has 1 aromatic carbocycles. The number of aromatic hydroxyl groups is 1. The van der Waals surface area contributed by atoms with Crippen molar-refractivity contribution in [2.24, 2.45) is 5.92 Å². The first kappa shape index (κ1) is 13.7. The predicted molar refractivity (Wildman–Crippen MR) is 78.3 cm³/mol. The summed E-state index contributed by atoms with van der Waals surface area (Å²) in [7, 11) is 0. The Balaban J connectivity index is 2.56. The van der Waals surface area contributed by atoms with E-state index in [1.165, 1.54) is 5.56 Å². The summed E-state index contributed by atoms with van der Waals surface area (Å²) < 4.78 is 1.94. The van der Waals surface area contributed by atoms with E-state index in [4.69, 9.17) is 0 Å². The summed E-state index contributed by atoms with van der Waals surface area (Å²) in [6.07, 6.45) is 0.746. The molecule has 102 valence electrons. The third-order valence-electron chi connectivity index (χ3n) is 3.16. The highest BCUT2D eigenvalue weighted by molar-refractivity contribution is 5.68. The fourth-order valence-electron chi connectivity index (χ4n) is 2.30. The first-order valence-electron chi connectivity index (χ1n) is 6.88. The van der Waals surface area contributed by atoms with E-state index in [0.717, 1.165) is 29.9 Å². The van der Waals surface area contributed by atoms with Gasteiger partial charge in [0.1, 0.15) is 11.4 Å². The van der Waals surface area contributed by atoms with Crippen LogP contribution in [0.1, 0.15) is 32.0 Å². The van der Waals surface area contributed by atoms with E-state index in [0.29, 0.717) is 11.7 Å². The molecule has 0 radical (unpaired) electrons. The van der Waals surface area contributed by atoms with Crippen molar-refractivity contribution in [2.75, 3.05) is 0 Å². The summed E-state index contributed by atoms with van der Waals surface area (Å²) in [5.74, 6) is 0.821. The largest absolute Gasteiger partial charge is 0.504 e. The molecule has 1 aromatic heterocycles. The summed E-state index contributed by atoms with van der Waals surface area (Å²) in [5.41, 5.74) is 3.84. The molecule has 1 heterocycles. The molecule has 0 amide bonds. The van der Waals surface area contributed by atoms with Crippen molar-refractivity contribution in [2.45, 2.75) is 40.7 Å². The van der Waals surface area contributed by atoms with Crippen LogP contribution >= 0.6 is 0 Å². The lowest BCUT2D eigenvalue weighted by atomic mass is 10.1. The highest BCUT2D eigenvalue weighted by Crippen LogP contribution is 2.33. The zero-order valence-corrected chi connectivity index (χ0v) is 12.1. The van der Waals surface area contributed by atoms with Crippen molar-refractivity contribution in [3.05, 3.63) is 35.5 Å². The van der Waals surface area contributed by atoms with Gasteiger partial charge in [0.05, 0.1) is 0 Å². The van der Waals surface area contributed by atoms with Crippen molar-refractivity contribution >= 4 is 0 Å². The van der Waals surface area contributed by atoms with Crippen LogP contribution in [0.5, 0.6) is 5.75 Å². The van der Waals surface area contributed by atoms with Crippen LogP contribution in [0.2, 0.25) is 0 Å². The average molecular weight is 258 g/mol. The molecule has 0 saturated carbocycles. The smallest absolute Gasteiger partial charge is 0.164 e. The second-order valence-electron chi connectivity index (χ2n) is 5.44. The topological polar surface area (TPSA) is 38.0 Å². The summed E-state index contributed by atoms with van der Waals surface area (Å²) in [4.78, 5) is 0. The first-order valence-corrected chi connectivity index (χ1v) is 6.88. The number of nitrogens with zero attached hydrogens (tertiary/aromatic N) is 2. The molecule has 2 rings (SSSR count). The second-order valence-corrected chi connectivity index (χ2v) is 5.44. The molecule has 0 spiro atoms. The summed E-state index contributed by atoms with van der Waals surface area (Å²) in [6, 6.07) is 8.19. The molecular formula is C16H22N2O. The van der Waals surface area contributed by atoms with E-state index in [1.807, 2.05) is 23.7 Å². The minimum Gasteiger partial charge on any atom is -0.504 e. The van der Waals surface area contributed by atoms with Crippen LogP contribution in [0.25, 0.3) is 11.3 Å². The SMILES string of the molecule is CCc1nn(CC(C)C)c(-c2cccc(C)c2)c1O. The van der Waals surface area contributed by atoms with Crippen LogP contribution in [-0.2, 0) is 13.0 Å². The van der Waals surface area contributed by atoms with Gasteiger partial charge in [0.15, 0.2) is 5.75 Å². The Morgan fingerprint density at radius 1 is 1.32 bits per heavy atom. The standard InChI is InChI=1S/C16H22N2O/c1-5-14-16(19)15(18(17-14)10-11(2)3)13-8-6-7-12(4)9-13/h6-9,11,19H,5,10H2,1-4H3. The Hall–Kier alpha value is -1.77. The van der Waals surface area contributed by atoms with Gasteiger partial charge in [0, 0.05) is 12.1 Å². The van der Waals surface area contributed by atoms with Gasteiger partial charge in [0.25, 0.3) is 0 Å². The van der Waals surface area contributed by atoms with Gasteiger partial charge < -0.3 is 5.11 Å². The highest BCUT2D eigenvalue weighted by atomic mass is 16.3. The van der Waals surface area contributed by atoms with Crippen molar-refractivity contribution in [1.82, 2.24) is 9.78 Å². The average Bonchev–Trinajstić information content (AvgIpc) is 2.64. The molecule has 19 heavy (non-hydrogen) atoms. The zero-order chi connectivity index (χ0) is 14.0. The van der Waals surface area contributed by atoms with Crippen molar-refractivity contribution < 1.29 is 5.11 Å². The molecule has 0 aliphatic heterocycles. The van der Waals surface area contributed by atoms with Crippen molar-refractivity contribution in [3.8, 4) is 17.0 Å². The van der Waals surface area contributed by atoms with E-state index in [9.17, 15) is 5.11 Å². The van der Waals surface area contributed by atoms with E-state index >= 15 is 0 Å². The number of benzene rings is 1. The zero-order valence-electron chi connectivity index (χ0n) is 12.1. The van der Waals surface area contributed by atoms with Gasteiger partial charge in [-0.3, -0.25) is 4.68 Å². The minimum absolute atomic E-state index is 0.328. The third kappa shape index (κ3) is 2.80. The molecule has 0 saturated heterocycles. The second kappa shape index (κ2) is 5.47.